The first-order chi connectivity index (χ1) is 5.70. The molecule has 1 atom stereocenters. The Morgan fingerprint density at radius 3 is 2.67 bits per heavy atom. The van der Waals surface area contributed by atoms with Gasteiger partial charge in [0.15, 0.2) is 12.1 Å². The molecule has 0 aromatic heterocycles. The fourth-order valence-electron chi connectivity index (χ4n) is 1.52. The van der Waals surface area contributed by atoms with Crippen LogP contribution in [0.4, 0.5) is 0 Å². The van der Waals surface area contributed by atoms with Crippen molar-refractivity contribution in [1.82, 2.24) is 0 Å². The number of allylic oxidation sites excluding steroid dienone is 2. The lowest BCUT2D eigenvalue weighted by Gasteiger charge is -2.22. The van der Waals surface area contributed by atoms with Crippen LogP contribution in [-0.4, -0.2) is 22.8 Å². The van der Waals surface area contributed by atoms with Gasteiger partial charge < -0.3 is 9.84 Å². The molecule has 1 fully saturated rings. The topological polar surface area (TPSA) is 46.5 Å². The Morgan fingerprint density at radius 2 is 2.17 bits per heavy atom. The molecule has 0 radical (unpaired) electrons. The lowest BCUT2D eigenvalue weighted by Crippen LogP contribution is -2.26. The van der Waals surface area contributed by atoms with Crippen molar-refractivity contribution >= 4 is 5.78 Å². The average Bonchev–Trinajstić information content (AvgIpc) is 2.40. The van der Waals surface area contributed by atoms with Crippen LogP contribution < -0.4 is 0 Å². The lowest BCUT2D eigenvalue weighted by atomic mass is 9.94. The van der Waals surface area contributed by atoms with E-state index in [1.54, 1.807) is 12.2 Å². The minimum Gasteiger partial charge on any atom is -0.368 e. The maximum Gasteiger partial charge on any atom is 0.178 e. The zero-order valence-electron chi connectivity index (χ0n) is 6.56. The Hall–Kier alpha value is -0.930. The zero-order valence-corrected chi connectivity index (χ0v) is 6.56. The number of aliphatic hydroxyl groups excluding tert-OH is 1. The first-order valence-corrected chi connectivity index (χ1v) is 3.99. The summed E-state index contributed by atoms with van der Waals surface area (Å²) in [5, 5.41) is 9.14. The second-order valence-corrected chi connectivity index (χ2v) is 3.14. The van der Waals surface area contributed by atoms with Gasteiger partial charge in [-0.15, -0.1) is 0 Å². The summed E-state index contributed by atoms with van der Waals surface area (Å²) in [5.74, 6) is -0.0226. The summed E-state index contributed by atoms with van der Waals surface area (Å²) in [4.78, 5) is 10.8. The normalized spacial score (nSPS) is 31.8. The van der Waals surface area contributed by atoms with Crippen LogP contribution in [0.5, 0.6) is 0 Å². The number of hydrogen-bond donors (Lipinski definition) is 1. The lowest BCUT2D eigenvalue weighted by molar-refractivity contribution is -0.113. The fraction of sp³-hybridized carbons (Fsp3) is 0.444. The van der Waals surface area contributed by atoms with Gasteiger partial charge in [-0.05, 0) is 30.7 Å². The largest absolute Gasteiger partial charge is 0.368 e. The third kappa shape index (κ3) is 1.21. The summed E-state index contributed by atoms with van der Waals surface area (Å²) in [6.45, 7) is 0. The van der Waals surface area contributed by atoms with Gasteiger partial charge in [0.05, 0.1) is 0 Å². The second kappa shape index (κ2) is 2.54. The van der Waals surface area contributed by atoms with Crippen LogP contribution in [0.1, 0.15) is 12.8 Å². The van der Waals surface area contributed by atoms with Crippen molar-refractivity contribution in [2.75, 3.05) is 0 Å². The Kier molecular flexibility index (Phi) is 1.63. The summed E-state index contributed by atoms with van der Waals surface area (Å²) < 4.78 is 5.27. The quantitative estimate of drug-likeness (QED) is 0.571. The van der Waals surface area contributed by atoms with Crippen molar-refractivity contribution in [2.45, 2.75) is 24.7 Å². The predicted octanol–water partition coefficient (Wildman–Crippen LogP) is 0.549. The van der Waals surface area contributed by atoms with Crippen LogP contribution in [0.15, 0.2) is 24.3 Å². The Bertz CT molecular complexity index is 249. The molecule has 2 rings (SSSR count). The number of aliphatic hydroxyl groups is 1. The van der Waals surface area contributed by atoms with Crippen LogP contribution in [0.25, 0.3) is 0 Å². The van der Waals surface area contributed by atoms with Crippen LogP contribution in [0.2, 0.25) is 0 Å². The molecule has 0 amide bonds. The molecular weight excluding hydrogens is 156 g/mol. The van der Waals surface area contributed by atoms with Gasteiger partial charge in [0.2, 0.25) is 0 Å². The van der Waals surface area contributed by atoms with E-state index in [1.807, 2.05) is 0 Å². The molecule has 0 aromatic carbocycles. The number of carbonyl (C=O) groups excluding carboxylic acids is 1. The standard InChI is InChI=1S/C9H10O3/c10-7-1-4-9(5-2-7)6-3-8(11)12-9/h1-2,4-5,8,11H,3,6H2/t8-/m0/s1. The summed E-state index contributed by atoms with van der Waals surface area (Å²) in [6, 6.07) is 0. The number of ether oxygens (including phenoxy) is 1. The number of ketones is 1. The fourth-order valence-corrected chi connectivity index (χ4v) is 1.52. The second-order valence-electron chi connectivity index (χ2n) is 3.14. The van der Waals surface area contributed by atoms with Crippen molar-refractivity contribution in [2.24, 2.45) is 0 Å². The van der Waals surface area contributed by atoms with Gasteiger partial charge in [-0.25, -0.2) is 0 Å². The summed E-state index contributed by atoms with van der Waals surface area (Å²) in [5.41, 5.74) is -0.507. The highest BCUT2D eigenvalue weighted by molar-refractivity contribution is 6.00. The molecule has 1 heterocycles. The smallest absolute Gasteiger partial charge is 0.178 e. The highest BCUT2D eigenvalue weighted by Gasteiger charge is 2.36. The van der Waals surface area contributed by atoms with E-state index in [0.29, 0.717) is 6.42 Å². The molecule has 0 saturated carbocycles. The van der Waals surface area contributed by atoms with Crippen LogP contribution in [-0.2, 0) is 9.53 Å². The number of carbonyl (C=O) groups is 1. The molecule has 1 aliphatic heterocycles. The molecule has 1 saturated heterocycles. The van der Waals surface area contributed by atoms with E-state index in [9.17, 15) is 4.79 Å². The van der Waals surface area contributed by atoms with Gasteiger partial charge in [-0.2, -0.15) is 0 Å². The van der Waals surface area contributed by atoms with Gasteiger partial charge in [0, 0.05) is 6.42 Å². The van der Waals surface area contributed by atoms with Crippen molar-refractivity contribution < 1.29 is 14.6 Å². The molecule has 1 N–H and O–H groups in total. The van der Waals surface area contributed by atoms with Crippen molar-refractivity contribution in [3.8, 4) is 0 Å². The van der Waals surface area contributed by atoms with Gasteiger partial charge in [-0.3, -0.25) is 4.79 Å². The molecule has 64 valence electrons. The van der Waals surface area contributed by atoms with Crippen LogP contribution >= 0.6 is 0 Å². The molecule has 0 aromatic rings. The monoisotopic (exact) mass is 166 g/mol. The van der Waals surface area contributed by atoms with Crippen LogP contribution in [0.3, 0.4) is 0 Å². The van der Waals surface area contributed by atoms with Crippen LogP contribution in [0, 0.1) is 0 Å². The molecular formula is C9H10O3. The van der Waals surface area contributed by atoms with Crippen molar-refractivity contribution in [3.05, 3.63) is 24.3 Å². The Balaban J connectivity index is 2.19. The summed E-state index contributed by atoms with van der Waals surface area (Å²) in [6.07, 6.45) is 7.08. The molecule has 2 aliphatic rings. The Labute approximate surface area is 70.3 Å². The molecule has 0 unspecified atom stereocenters. The molecule has 1 spiro atoms. The van der Waals surface area contributed by atoms with E-state index in [1.165, 1.54) is 12.2 Å². The maximum atomic E-state index is 10.8. The Morgan fingerprint density at radius 1 is 1.50 bits per heavy atom. The molecule has 0 bridgehead atoms. The molecule has 1 aliphatic carbocycles. The zero-order chi connectivity index (χ0) is 8.60. The minimum absolute atomic E-state index is 0.0226. The van der Waals surface area contributed by atoms with E-state index in [-0.39, 0.29) is 5.78 Å². The van der Waals surface area contributed by atoms with E-state index in [2.05, 4.69) is 0 Å². The maximum absolute atomic E-state index is 10.8. The van der Waals surface area contributed by atoms with E-state index < -0.39 is 11.9 Å². The first-order valence-electron chi connectivity index (χ1n) is 3.99. The molecule has 3 heteroatoms. The highest BCUT2D eigenvalue weighted by Crippen LogP contribution is 2.33. The van der Waals surface area contributed by atoms with Gasteiger partial charge >= 0.3 is 0 Å². The van der Waals surface area contributed by atoms with Crippen molar-refractivity contribution in [3.63, 3.8) is 0 Å². The van der Waals surface area contributed by atoms with Gasteiger partial charge in [0.25, 0.3) is 0 Å². The van der Waals surface area contributed by atoms with Crippen molar-refractivity contribution in [1.29, 1.82) is 0 Å². The highest BCUT2D eigenvalue weighted by atomic mass is 16.6. The third-order valence-electron chi connectivity index (χ3n) is 2.20. The first kappa shape index (κ1) is 7.71. The molecule has 3 nitrogen and oxygen atoms in total. The number of hydrogen-bond acceptors (Lipinski definition) is 3. The number of rotatable bonds is 0. The van der Waals surface area contributed by atoms with Gasteiger partial charge in [-0.1, -0.05) is 0 Å². The SMILES string of the molecule is O=C1C=CC2(C=C1)CC[C@@H](O)O2. The average molecular weight is 166 g/mol. The third-order valence-corrected chi connectivity index (χ3v) is 2.20. The predicted molar refractivity (Wildman–Crippen MR) is 42.3 cm³/mol. The van der Waals surface area contributed by atoms with Gasteiger partial charge in [0.1, 0.15) is 5.60 Å². The minimum atomic E-state index is -0.687. The summed E-state index contributed by atoms with van der Waals surface area (Å²) >= 11 is 0. The van der Waals surface area contributed by atoms with E-state index >= 15 is 0 Å². The summed E-state index contributed by atoms with van der Waals surface area (Å²) in [7, 11) is 0. The van der Waals surface area contributed by atoms with E-state index in [0.717, 1.165) is 6.42 Å². The van der Waals surface area contributed by atoms with E-state index in [4.69, 9.17) is 9.84 Å². The molecule has 12 heavy (non-hydrogen) atoms.